The Morgan fingerprint density at radius 2 is 2.38 bits per heavy atom. The zero-order chi connectivity index (χ0) is 9.84. The quantitative estimate of drug-likeness (QED) is 0.832. The van der Waals surface area contributed by atoms with Crippen LogP contribution in [-0.2, 0) is 6.42 Å². The minimum atomic E-state index is -0.455. The van der Waals surface area contributed by atoms with E-state index in [0.29, 0.717) is 18.4 Å². The molecular weight excluding hydrogens is 237 g/mol. The van der Waals surface area contributed by atoms with Crippen LogP contribution in [0.25, 0.3) is 0 Å². The minimum absolute atomic E-state index is 0.404. The van der Waals surface area contributed by atoms with Crippen molar-refractivity contribution in [3.05, 3.63) is 28.2 Å². The molecule has 0 aliphatic heterocycles. The van der Waals surface area contributed by atoms with Gasteiger partial charge in [-0.15, -0.1) is 0 Å². The molecule has 0 bridgehead atoms. The van der Waals surface area contributed by atoms with E-state index in [1.165, 1.54) is 6.20 Å². The molecule has 1 N–H and O–H groups in total. The molecule has 0 aromatic carbocycles. The maximum Gasteiger partial charge on any atom is 0.216 e. The molecule has 1 unspecified atom stereocenters. The van der Waals surface area contributed by atoms with Gasteiger partial charge in [0.1, 0.15) is 0 Å². The number of halogens is 2. The van der Waals surface area contributed by atoms with Gasteiger partial charge in [0.25, 0.3) is 0 Å². The molecule has 0 saturated heterocycles. The Labute approximate surface area is 84.9 Å². The van der Waals surface area contributed by atoms with Crippen LogP contribution in [0.4, 0.5) is 4.39 Å². The van der Waals surface area contributed by atoms with Crippen LogP contribution in [0.2, 0.25) is 0 Å². The predicted octanol–water partition coefficient (Wildman–Crippen LogP) is 2.30. The van der Waals surface area contributed by atoms with Gasteiger partial charge in [-0.1, -0.05) is 0 Å². The Balaban J connectivity index is 2.70. The van der Waals surface area contributed by atoms with Crippen molar-refractivity contribution in [2.45, 2.75) is 25.9 Å². The molecule has 0 fully saturated rings. The van der Waals surface area contributed by atoms with E-state index in [0.717, 1.165) is 4.47 Å². The fourth-order valence-electron chi connectivity index (χ4n) is 1.00. The first kappa shape index (κ1) is 10.6. The van der Waals surface area contributed by atoms with Gasteiger partial charge in [-0.05, 0) is 41.8 Å². The Morgan fingerprint density at radius 1 is 1.69 bits per heavy atom. The van der Waals surface area contributed by atoms with Crippen molar-refractivity contribution in [3.8, 4) is 0 Å². The monoisotopic (exact) mass is 247 g/mol. The molecule has 0 amide bonds. The first-order valence-corrected chi connectivity index (χ1v) is 4.87. The summed E-state index contributed by atoms with van der Waals surface area (Å²) in [5.41, 5.74) is 0.537. The molecule has 0 spiro atoms. The van der Waals surface area contributed by atoms with Crippen molar-refractivity contribution in [2.24, 2.45) is 0 Å². The van der Waals surface area contributed by atoms with Crippen molar-refractivity contribution < 1.29 is 9.50 Å². The first-order valence-electron chi connectivity index (χ1n) is 4.07. The van der Waals surface area contributed by atoms with Gasteiger partial charge in [0.05, 0.1) is 6.10 Å². The van der Waals surface area contributed by atoms with Gasteiger partial charge in [-0.2, -0.15) is 4.39 Å². The Hall–Kier alpha value is -0.480. The molecule has 72 valence electrons. The van der Waals surface area contributed by atoms with Crippen molar-refractivity contribution in [2.75, 3.05) is 0 Å². The number of aryl methyl sites for hydroxylation is 1. The highest BCUT2D eigenvalue weighted by Gasteiger charge is 2.05. The smallest absolute Gasteiger partial charge is 0.216 e. The second-order valence-electron chi connectivity index (χ2n) is 2.99. The van der Waals surface area contributed by atoms with Gasteiger partial charge in [0.2, 0.25) is 5.95 Å². The van der Waals surface area contributed by atoms with Crippen LogP contribution in [0, 0.1) is 5.95 Å². The largest absolute Gasteiger partial charge is 0.393 e. The summed E-state index contributed by atoms with van der Waals surface area (Å²) in [5.74, 6) is -0.455. The third kappa shape index (κ3) is 3.40. The van der Waals surface area contributed by atoms with Gasteiger partial charge in [0.15, 0.2) is 0 Å². The predicted molar refractivity (Wildman–Crippen MR) is 51.9 cm³/mol. The lowest BCUT2D eigenvalue weighted by molar-refractivity contribution is 0.184. The summed E-state index contributed by atoms with van der Waals surface area (Å²) in [7, 11) is 0. The van der Waals surface area contributed by atoms with Crippen LogP contribution < -0.4 is 0 Å². The Kier molecular flexibility index (Phi) is 3.81. The highest BCUT2D eigenvalue weighted by molar-refractivity contribution is 9.10. The van der Waals surface area contributed by atoms with Crippen molar-refractivity contribution in [1.82, 2.24) is 4.98 Å². The summed E-state index contributed by atoms with van der Waals surface area (Å²) in [6, 6.07) is 1.69. The van der Waals surface area contributed by atoms with Crippen molar-refractivity contribution in [3.63, 3.8) is 0 Å². The standard InChI is InChI=1S/C9H11BrFNO/c1-6(13)2-3-7-4-8(10)5-12-9(7)11/h4-6,13H,2-3H2,1H3. The molecule has 0 radical (unpaired) electrons. The number of hydrogen-bond acceptors (Lipinski definition) is 2. The number of pyridine rings is 1. The molecular formula is C9H11BrFNO. The van der Waals surface area contributed by atoms with E-state index in [1.54, 1.807) is 13.0 Å². The summed E-state index contributed by atoms with van der Waals surface area (Å²) < 4.78 is 13.8. The molecule has 1 atom stereocenters. The lowest BCUT2D eigenvalue weighted by atomic mass is 10.1. The number of rotatable bonds is 3. The molecule has 2 nitrogen and oxygen atoms in total. The molecule has 1 aromatic rings. The maximum absolute atomic E-state index is 13.0. The Morgan fingerprint density at radius 3 is 3.00 bits per heavy atom. The number of aliphatic hydroxyl groups is 1. The zero-order valence-corrected chi connectivity index (χ0v) is 8.88. The van der Waals surface area contributed by atoms with Crippen molar-refractivity contribution in [1.29, 1.82) is 0 Å². The highest BCUT2D eigenvalue weighted by Crippen LogP contribution is 2.14. The summed E-state index contributed by atoms with van der Waals surface area (Å²) in [4.78, 5) is 3.56. The van der Waals surface area contributed by atoms with Gasteiger partial charge >= 0.3 is 0 Å². The first-order chi connectivity index (χ1) is 6.09. The van der Waals surface area contributed by atoms with Gasteiger partial charge in [-0.3, -0.25) is 0 Å². The second kappa shape index (κ2) is 4.67. The van der Waals surface area contributed by atoms with Crippen LogP contribution in [0.5, 0.6) is 0 Å². The fourth-order valence-corrected chi connectivity index (χ4v) is 1.38. The van der Waals surface area contributed by atoms with Crippen LogP contribution >= 0.6 is 15.9 Å². The molecule has 1 rings (SSSR count). The van der Waals surface area contributed by atoms with Crippen LogP contribution in [0.3, 0.4) is 0 Å². The summed E-state index contributed by atoms with van der Waals surface area (Å²) in [6.45, 7) is 1.68. The van der Waals surface area contributed by atoms with E-state index < -0.39 is 12.1 Å². The van der Waals surface area contributed by atoms with Crippen LogP contribution in [0.15, 0.2) is 16.7 Å². The zero-order valence-electron chi connectivity index (χ0n) is 7.30. The summed E-state index contributed by atoms with van der Waals surface area (Å²) >= 11 is 3.21. The average Bonchev–Trinajstić information content (AvgIpc) is 2.06. The SMILES string of the molecule is CC(O)CCc1cc(Br)cnc1F. The van der Waals surface area contributed by atoms with Crippen LogP contribution in [0.1, 0.15) is 18.9 Å². The van der Waals surface area contributed by atoms with E-state index in [-0.39, 0.29) is 0 Å². The molecule has 13 heavy (non-hydrogen) atoms. The van der Waals surface area contributed by atoms with Gasteiger partial charge in [0, 0.05) is 16.2 Å². The highest BCUT2D eigenvalue weighted by atomic mass is 79.9. The molecule has 0 aliphatic carbocycles. The third-order valence-electron chi connectivity index (χ3n) is 1.71. The van der Waals surface area contributed by atoms with Crippen molar-refractivity contribution >= 4 is 15.9 Å². The second-order valence-corrected chi connectivity index (χ2v) is 3.91. The fraction of sp³-hybridized carbons (Fsp3) is 0.444. The molecule has 1 heterocycles. The van der Waals surface area contributed by atoms with Crippen LogP contribution in [-0.4, -0.2) is 16.2 Å². The van der Waals surface area contributed by atoms with E-state index in [9.17, 15) is 4.39 Å². The van der Waals surface area contributed by atoms with Gasteiger partial charge < -0.3 is 5.11 Å². The Bertz CT molecular complexity index is 291. The number of aliphatic hydroxyl groups excluding tert-OH is 1. The van der Waals surface area contributed by atoms with E-state index >= 15 is 0 Å². The number of aromatic nitrogens is 1. The third-order valence-corrected chi connectivity index (χ3v) is 2.14. The lowest BCUT2D eigenvalue weighted by Gasteiger charge is -2.04. The summed E-state index contributed by atoms with van der Waals surface area (Å²) in [5, 5.41) is 9.02. The molecule has 0 saturated carbocycles. The van der Waals surface area contributed by atoms with Gasteiger partial charge in [-0.25, -0.2) is 4.98 Å². The number of nitrogens with zero attached hydrogens (tertiary/aromatic N) is 1. The lowest BCUT2D eigenvalue weighted by Crippen LogP contribution is -2.03. The molecule has 4 heteroatoms. The van der Waals surface area contributed by atoms with E-state index in [1.807, 2.05) is 0 Å². The van der Waals surface area contributed by atoms with E-state index in [2.05, 4.69) is 20.9 Å². The normalized spacial score (nSPS) is 12.9. The number of hydrogen-bond donors (Lipinski definition) is 1. The topological polar surface area (TPSA) is 33.1 Å². The van der Waals surface area contributed by atoms with E-state index in [4.69, 9.17) is 5.11 Å². The minimum Gasteiger partial charge on any atom is -0.393 e. The summed E-state index contributed by atoms with van der Waals surface area (Å²) in [6.07, 6.45) is 2.07. The molecule has 0 aliphatic rings. The molecule has 1 aromatic heterocycles. The average molecular weight is 248 g/mol. The maximum atomic E-state index is 13.0.